The minimum Gasteiger partial charge on any atom is -0.494 e. The zero-order chi connectivity index (χ0) is 27.2. The number of carbonyl (C=O) groups is 2. The van der Waals surface area contributed by atoms with Crippen LogP contribution in [0.15, 0.2) is 30.3 Å². The van der Waals surface area contributed by atoms with Gasteiger partial charge in [-0.1, -0.05) is 19.6 Å². The van der Waals surface area contributed by atoms with Crippen molar-refractivity contribution in [2.24, 2.45) is 0 Å². The molecule has 0 amide bonds. The summed E-state index contributed by atoms with van der Waals surface area (Å²) in [4.78, 5) is 34.2. The number of methoxy groups -OCH3 is 2. The van der Waals surface area contributed by atoms with Gasteiger partial charge in [0.15, 0.2) is 11.6 Å². The predicted octanol–water partition coefficient (Wildman–Crippen LogP) is 5.70. The summed E-state index contributed by atoms with van der Waals surface area (Å²) in [7, 11) is 1.69. The summed E-state index contributed by atoms with van der Waals surface area (Å²) in [6.07, 6.45) is 2.06. The Morgan fingerprint density at radius 1 is 1.08 bits per heavy atom. The Morgan fingerprint density at radius 2 is 1.84 bits per heavy atom. The van der Waals surface area contributed by atoms with E-state index in [-0.39, 0.29) is 18.6 Å². The lowest BCUT2D eigenvalue weighted by atomic mass is 10.2. The molecule has 1 fully saturated rings. The number of rotatable bonds is 10. The lowest BCUT2D eigenvalue weighted by Crippen LogP contribution is -2.22. The minimum atomic E-state index is -1.26. The maximum absolute atomic E-state index is 12.3. The lowest BCUT2D eigenvalue weighted by Gasteiger charge is -2.17. The summed E-state index contributed by atoms with van der Waals surface area (Å²) in [5.74, 6) is 0.781. The third kappa shape index (κ3) is 4.98. The van der Waals surface area contributed by atoms with Gasteiger partial charge in [0.2, 0.25) is 0 Å². The number of pyridine rings is 1. The highest BCUT2D eigenvalue weighted by molar-refractivity contribution is 6.76. The molecule has 1 aliphatic carbocycles. The molecule has 10 heteroatoms. The monoisotopic (exact) mass is 534 g/mol. The molecular formula is C28H34N4O5Si. The molecule has 0 bridgehead atoms. The predicted molar refractivity (Wildman–Crippen MR) is 149 cm³/mol. The van der Waals surface area contributed by atoms with Crippen molar-refractivity contribution in [1.82, 2.24) is 19.1 Å². The van der Waals surface area contributed by atoms with Gasteiger partial charge in [0.25, 0.3) is 0 Å². The van der Waals surface area contributed by atoms with Crippen molar-refractivity contribution in [3.63, 3.8) is 0 Å². The molecule has 38 heavy (non-hydrogen) atoms. The molecular weight excluding hydrogens is 500 g/mol. The average molecular weight is 535 g/mol. The van der Waals surface area contributed by atoms with E-state index in [9.17, 15) is 9.59 Å². The van der Waals surface area contributed by atoms with Crippen LogP contribution in [0.3, 0.4) is 0 Å². The molecule has 200 valence electrons. The molecule has 3 aromatic heterocycles. The van der Waals surface area contributed by atoms with Crippen LogP contribution in [-0.4, -0.2) is 59.8 Å². The normalized spacial score (nSPS) is 13.8. The number of hydrogen-bond donors (Lipinski definition) is 0. The number of nitrogens with zero attached hydrogens (tertiary/aromatic N) is 4. The quantitative estimate of drug-likeness (QED) is 0.111. The average Bonchev–Trinajstić information content (AvgIpc) is 3.55. The van der Waals surface area contributed by atoms with E-state index < -0.39 is 14.0 Å². The Kier molecular flexibility index (Phi) is 6.87. The second-order valence-corrected chi connectivity index (χ2v) is 16.7. The molecule has 1 aliphatic rings. The van der Waals surface area contributed by atoms with Crippen LogP contribution in [0.1, 0.15) is 46.7 Å². The number of aromatic nitrogens is 4. The van der Waals surface area contributed by atoms with E-state index in [0.29, 0.717) is 34.8 Å². The number of imidazole rings is 1. The van der Waals surface area contributed by atoms with Crippen molar-refractivity contribution in [3.05, 3.63) is 41.6 Å². The zero-order valence-electron chi connectivity index (χ0n) is 22.8. The van der Waals surface area contributed by atoms with Gasteiger partial charge < -0.3 is 18.8 Å². The van der Waals surface area contributed by atoms with Crippen LogP contribution in [0.4, 0.5) is 0 Å². The Balaban J connectivity index is 1.70. The number of Topliss-reactive ketones (excluding diaryl/α,β-unsaturated/α-hetero) is 1. The molecule has 0 saturated heterocycles. The Morgan fingerprint density at radius 3 is 2.47 bits per heavy atom. The Labute approximate surface area is 222 Å². The van der Waals surface area contributed by atoms with E-state index >= 15 is 0 Å². The summed E-state index contributed by atoms with van der Waals surface area (Å²) in [5, 5.41) is 0.899. The molecule has 0 atom stereocenters. The molecule has 4 aromatic rings. The van der Waals surface area contributed by atoms with Gasteiger partial charge in [0.05, 0.1) is 31.0 Å². The van der Waals surface area contributed by atoms with Crippen molar-refractivity contribution < 1.29 is 23.8 Å². The second-order valence-electron chi connectivity index (χ2n) is 11.0. The van der Waals surface area contributed by atoms with Crippen LogP contribution in [-0.2, 0) is 16.2 Å². The van der Waals surface area contributed by atoms with E-state index in [1.165, 1.54) is 14.0 Å². The molecule has 0 radical (unpaired) electrons. The van der Waals surface area contributed by atoms with Crippen molar-refractivity contribution in [2.75, 3.05) is 20.8 Å². The number of hydrogen-bond acceptors (Lipinski definition) is 7. The number of esters is 1. The molecule has 1 saturated carbocycles. The number of benzene rings is 1. The van der Waals surface area contributed by atoms with Crippen LogP contribution in [0.5, 0.6) is 5.75 Å². The second kappa shape index (κ2) is 9.99. The molecule has 3 heterocycles. The number of carbonyl (C=O) groups excluding carboxylic acids is 2. The van der Waals surface area contributed by atoms with Crippen LogP contribution in [0.25, 0.3) is 33.6 Å². The smallest absolute Gasteiger partial charge is 0.338 e. The summed E-state index contributed by atoms with van der Waals surface area (Å²) in [6.45, 7) is 9.42. The van der Waals surface area contributed by atoms with Crippen LogP contribution in [0.2, 0.25) is 25.7 Å². The SMILES string of the molecule is COC(=O)c1cc(OC)c2c(c1)nc(-c1cc3ccc(C(C)=O)nc3n1COCC[Si](C)(C)C)n2C1CC1. The number of ether oxygens (including phenoxy) is 3. The van der Waals surface area contributed by atoms with Gasteiger partial charge in [-0.3, -0.25) is 9.36 Å². The van der Waals surface area contributed by atoms with Gasteiger partial charge in [-0.2, -0.15) is 0 Å². The van der Waals surface area contributed by atoms with Crippen molar-refractivity contribution in [1.29, 1.82) is 0 Å². The fourth-order valence-electron chi connectivity index (χ4n) is 4.63. The highest BCUT2D eigenvalue weighted by Gasteiger charge is 2.32. The van der Waals surface area contributed by atoms with Gasteiger partial charge in [0, 0.05) is 33.0 Å². The summed E-state index contributed by atoms with van der Waals surface area (Å²) < 4.78 is 21.1. The van der Waals surface area contributed by atoms with Gasteiger partial charge in [-0.25, -0.2) is 14.8 Å². The highest BCUT2D eigenvalue weighted by atomic mass is 28.3. The van der Waals surface area contributed by atoms with Gasteiger partial charge in [-0.15, -0.1) is 0 Å². The fraction of sp³-hybridized carbons (Fsp3) is 0.429. The third-order valence-electron chi connectivity index (χ3n) is 6.85. The summed E-state index contributed by atoms with van der Waals surface area (Å²) >= 11 is 0. The molecule has 9 nitrogen and oxygen atoms in total. The van der Waals surface area contributed by atoms with E-state index in [0.717, 1.165) is 41.3 Å². The molecule has 0 spiro atoms. The minimum absolute atomic E-state index is 0.0915. The van der Waals surface area contributed by atoms with E-state index in [1.54, 1.807) is 25.3 Å². The zero-order valence-corrected chi connectivity index (χ0v) is 23.8. The number of fused-ring (bicyclic) bond motifs is 2. The maximum atomic E-state index is 12.3. The first kappa shape index (κ1) is 26.1. The Bertz CT molecular complexity index is 1540. The number of ketones is 1. The van der Waals surface area contributed by atoms with Crippen molar-refractivity contribution >= 4 is 41.9 Å². The third-order valence-corrected chi connectivity index (χ3v) is 8.56. The molecule has 5 rings (SSSR count). The molecule has 1 aromatic carbocycles. The lowest BCUT2D eigenvalue weighted by molar-refractivity contribution is 0.0600. The maximum Gasteiger partial charge on any atom is 0.338 e. The first-order valence-electron chi connectivity index (χ1n) is 12.9. The van der Waals surface area contributed by atoms with Gasteiger partial charge in [0.1, 0.15) is 29.3 Å². The van der Waals surface area contributed by atoms with E-state index in [1.807, 2.05) is 16.7 Å². The van der Waals surface area contributed by atoms with Gasteiger partial charge >= 0.3 is 5.97 Å². The van der Waals surface area contributed by atoms with Gasteiger partial charge in [-0.05, 0) is 49.2 Å². The highest BCUT2D eigenvalue weighted by Crippen LogP contribution is 2.44. The van der Waals surface area contributed by atoms with Crippen LogP contribution < -0.4 is 4.74 Å². The van der Waals surface area contributed by atoms with E-state index in [4.69, 9.17) is 24.2 Å². The summed E-state index contributed by atoms with van der Waals surface area (Å²) in [6, 6.07) is 10.5. The standard InChI is InChI=1S/C28H34N4O5Si/c1-17(33)21-10-7-18-14-23(31(26(18)29-21)16-37-11-12-38(4,5)6)27-30-22-13-19(28(34)36-3)15-24(35-2)25(22)32(27)20-8-9-20/h7,10,13-15,20H,8-9,11-12,16H2,1-6H3. The Hall–Kier alpha value is -3.50. The van der Waals surface area contributed by atoms with Crippen molar-refractivity contribution in [3.8, 4) is 17.3 Å². The topological polar surface area (TPSA) is 97.5 Å². The largest absolute Gasteiger partial charge is 0.494 e. The first-order chi connectivity index (χ1) is 18.1. The first-order valence-corrected chi connectivity index (χ1v) is 16.6. The van der Waals surface area contributed by atoms with Crippen LogP contribution in [0, 0.1) is 0 Å². The molecule has 0 N–H and O–H groups in total. The van der Waals surface area contributed by atoms with E-state index in [2.05, 4.69) is 24.2 Å². The molecule has 0 aliphatic heterocycles. The van der Waals surface area contributed by atoms with Crippen LogP contribution >= 0.6 is 0 Å². The molecule has 0 unspecified atom stereocenters. The van der Waals surface area contributed by atoms with Crippen molar-refractivity contribution in [2.45, 2.75) is 58.2 Å². The fourth-order valence-corrected chi connectivity index (χ4v) is 5.38. The summed E-state index contributed by atoms with van der Waals surface area (Å²) in [5.41, 5.74) is 3.80.